The Kier molecular flexibility index (Phi) is 4.06. The molecule has 0 heterocycles. The molecule has 16 heavy (non-hydrogen) atoms. The standard InChI is InChI=1S/C12H12.C2H4O2/c1-9-7-8-11-5-3-4-6-12(11)10(9)2;1-2(3)4/h3-8H,1-2H3;1H3,(H,3,4). The highest BCUT2D eigenvalue weighted by atomic mass is 16.4. The molecule has 0 atom stereocenters. The molecule has 2 aromatic rings. The molecule has 2 rings (SSSR count). The average molecular weight is 216 g/mol. The van der Waals surface area contributed by atoms with Crippen LogP contribution in [0.15, 0.2) is 36.4 Å². The first-order valence-corrected chi connectivity index (χ1v) is 5.17. The summed E-state index contributed by atoms with van der Waals surface area (Å²) in [6, 6.07) is 12.9. The molecule has 0 aromatic heterocycles. The van der Waals surface area contributed by atoms with Crippen molar-refractivity contribution in [2.45, 2.75) is 20.8 Å². The van der Waals surface area contributed by atoms with Gasteiger partial charge in [-0.2, -0.15) is 0 Å². The number of hydrogen-bond donors (Lipinski definition) is 1. The van der Waals surface area contributed by atoms with Crippen LogP contribution in [0.1, 0.15) is 18.1 Å². The van der Waals surface area contributed by atoms with E-state index >= 15 is 0 Å². The lowest BCUT2D eigenvalue weighted by atomic mass is 10.0. The minimum atomic E-state index is -0.833. The van der Waals surface area contributed by atoms with Crippen molar-refractivity contribution in [2.75, 3.05) is 0 Å². The van der Waals surface area contributed by atoms with Crippen LogP contribution in [0.25, 0.3) is 10.8 Å². The van der Waals surface area contributed by atoms with E-state index in [0.29, 0.717) is 0 Å². The molecule has 1 N–H and O–H groups in total. The summed E-state index contributed by atoms with van der Waals surface area (Å²) in [7, 11) is 0. The van der Waals surface area contributed by atoms with Gasteiger partial charge in [0.15, 0.2) is 0 Å². The summed E-state index contributed by atoms with van der Waals surface area (Å²) in [5.74, 6) is -0.833. The van der Waals surface area contributed by atoms with E-state index in [-0.39, 0.29) is 0 Å². The minimum absolute atomic E-state index is 0.833. The molecular weight excluding hydrogens is 200 g/mol. The zero-order valence-corrected chi connectivity index (χ0v) is 9.82. The van der Waals surface area contributed by atoms with Crippen molar-refractivity contribution in [3.63, 3.8) is 0 Å². The number of carbonyl (C=O) groups is 1. The molecule has 0 saturated carbocycles. The third-order valence-corrected chi connectivity index (χ3v) is 2.47. The van der Waals surface area contributed by atoms with Crippen LogP contribution >= 0.6 is 0 Å². The maximum Gasteiger partial charge on any atom is 0.300 e. The topological polar surface area (TPSA) is 37.3 Å². The number of benzene rings is 2. The zero-order chi connectivity index (χ0) is 12.1. The third-order valence-electron chi connectivity index (χ3n) is 2.47. The Labute approximate surface area is 95.5 Å². The van der Waals surface area contributed by atoms with E-state index < -0.39 is 5.97 Å². The van der Waals surface area contributed by atoms with E-state index in [1.807, 2.05) is 0 Å². The van der Waals surface area contributed by atoms with Crippen molar-refractivity contribution in [2.24, 2.45) is 0 Å². The van der Waals surface area contributed by atoms with Gasteiger partial charge in [-0.15, -0.1) is 0 Å². The van der Waals surface area contributed by atoms with Gasteiger partial charge in [0.1, 0.15) is 0 Å². The van der Waals surface area contributed by atoms with Gasteiger partial charge in [-0.3, -0.25) is 4.79 Å². The second-order valence-electron chi connectivity index (χ2n) is 3.75. The summed E-state index contributed by atoms with van der Waals surface area (Å²) < 4.78 is 0. The quantitative estimate of drug-likeness (QED) is 0.731. The Morgan fingerprint density at radius 3 is 2.25 bits per heavy atom. The number of aliphatic carboxylic acids is 1. The molecule has 0 aliphatic heterocycles. The summed E-state index contributed by atoms with van der Waals surface area (Å²) in [6.45, 7) is 5.42. The normalized spacial score (nSPS) is 9.44. The van der Waals surface area contributed by atoms with E-state index in [4.69, 9.17) is 9.90 Å². The molecule has 0 aliphatic carbocycles. The second-order valence-corrected chi connectivity index (χ2v) is 3.75. The van der Waals surface area contributed by atoms with Crippen molar-refractivity contribution < 1.29 is 9.90 Å². The van der Waals surface area contributed by atoms with Gasteiger partial charge in [-0.25, -0.2) is 0 Å². The van der Waals surface area contributed by atoms with Gasteiger partial charge in [0.05, 0.1) is 0 Å². The number of rotatable bonds is 0. The van der Waals surface area contributed by atoms with Crippen molar-refractivity contribution >= 4 is 16.7 Å². The van der Waals surface area contributed by atoms with Crippen LogP contribution < -0.4 is 0 Å². The summed E-state index contributed by atoms with van der Waals surface area (Å²) in [6.07, 6.45) is 0. The molecule has 0 saturated heterocycles. The Morgan fingerprint density at radius 1 is 1.06 bits per heavy atom. The number of carboxylic acid groups (broad SMARTS) is 1. The van der Waals surface area contributed by atoms with Crippen molar-refractivity contribution in [1.82, 2.24) is 0 Å². The molecule has 0 amide bonds. The van der Waals surface area contributed by atoms with Crippen LogP contribution in [0.5, 0.6) is 0 Å². The molecule has 2 nitrogen and oxygen atoms in total. The Balaban J connectivity index is 0.000000280. The van der Waals surface area contributed by atoms with Gasteiger partial charge in [0.25, 0.3) is 5.97 Å². The highest BCUT2D eigenvalue weighted by molar-refractivity contribution is 5.86. The first-order valence-electron chi connectivity index (χ1n) is 5.17. The van der Waals surface area contributed by atoms with Crippen LogP contribution in [-0.4, -0.2) is 11.1 Å². The van der Waals surface area contributed by atoms with E-state index in [2.05, 4.69) is 50.2 Å². The van der Waals surface area contributed by atoms with Crippen molar-refractivity contribution in [3.8, 4) is 0 Å². The average Bonchev–Trinajstić information content (AvgIpc) is 2.23. The van der Waals surface area contributed by atoms with Gasteiger partial charge < -0.3 is 5.11 Å². The number of fused-ring (bicyclic) bond motifs is 1. The van der Waals surface area contributed by atoms with Crippen molar-refractivity contribution in [1.29, 1.82) is 0 Å². The van der Waals surface area contributed by atoms with E-state index in [1.54, 1.807) is 0 Å². The predicted molar refractivity (Wildman–Crippen MR) is 66.7 cm³/mol. The molecule has 2 heteroatoms. The third kappa shape index (κ3) is 3.09. The first kappa shape index (κ1) is 12.2. The minimum Gasteiger partial charge on any atom is -0.481 e. The molecule has 0 aliphatic rings. The molecule has 84 valence electrons. The monoisotopic (exact) mass is 216 g/mol. The highest BCUT2D eigenvalue weighted by Gasteiger charge is 1.97. The smallest absolute Gasteiger partial charge is 0.300 e. The molecule has 0 bridgehead atoms. The van der Waals surface area contributed by atoms with E-state index in [0.717, 1.165) is 6.92 Å². The fourth-order valence-corrected chi connectivity index (χ4v) is 1.54. The van der Waals surface area contributed by atoms with Crippen LogP contribution in [0.3, 0.4) is 0 Å². The Bertz CT molecular complexity index is 497. The van der Waals surface area contributed by atoms with Gasteiger partial charge in [0.2, 0.25) is 0 Å². The van der Waals surface area contributed by atoms with Crippen LogP contribution in [0.2, 0.25) is 0 Å². The lowest BCUT2D eigenvalue weighted by molar-refractivity contribution is -0.134. The number of aryl methyl sites for hydroxylation is 2. The predicted octanol–water partition coefficient (Wildman–Crippen LogP) is 3.55. The molecule has 0 spiro atoms. The molecule has 0 radical (unpaired) electrons. The van der Waals surface area contributed by atoms with Crippen LogP contribution in [0.4, 0.5) is 0 Å². The summed E-state index contributed by atoms with van der Waals surface area (Å²) in [5, 5.41) is 10.1. The molecule has 0 fully saturated rings. The lowest BCUT2D eigenvalue weighted by Crippen LogP contribution is -1.82. The zero-order valence-electron chi connectivity index (χ0n) is 9.82. The second kappa shape index (κ2) is 5.31. The van der Waals surface area contributed by atoms with E-state index in [1.165, 1.54) is 21.9 Å². The maximum atomic E-state index is 9.00. The van der Waals surface area contributed by atoms with Gasteiger partial charge in [-0.05, 0) is 35.7 Å². The first-order chi connectivity index (χ1) is 7.52. The Morgan fingerprint density at radius 2 is 1.62 bits per heavy atom. The maximum absolute atomic E-state index is 9.00. The number of hydrogen-bond acceptors (Lipinski definition) is 1. The summed E-state index contributed by atoms with van der Waals surface area (Å²) in [4.78, 5) is 9.00. The lowest BCUT2D eigenvalue weighted by Gasteiger charge is -2.04. The Hall–Kier alpha value is -1.83. The SMILES string of the molecule is CC(=O)O.Cc1ccc2ccccc2c1C. The molecule has 2 aromatic carbocycles. The van der Waals surface area contributed by atoms with Gasteiger partial charge >= 0.3 is 0 Å². The van der Waals surface area contributed by atoms with Gasteiger partial charge in [-0.1, -0.05) is 36.4 Å². The number of carboxylic acids is 1. The van der Waals surface area contributed by atoms with Gasteiger partial charge in [0, 0.05) is 6.92 Å². The fourth-order valence-electron chi connectivity index (χ4n) is 1.54. The fraction of sp³-hybridized carbons (Fsp3) is 0.214. The summed E-state index contributed by atoms with van der Waals surface area (Å²) in [5.41, 5.74) is 2.77. The summed E-state index contributed by atoms with van der Waals surface area (Å²) >= 11 is 0. The van der Waals surface area contributed by atoms with Crippen LogP contribution in [-0.2, 0) is 4.79 Å². The largest absolute Gasteiger partial charge is 0.481 e. The molecule has 0 unspecified atom stereocenters. The molecular formula is C14H16O2. The van der Waals surface area contributed by atoms with E-state index in [9.17, 15) is 0 Å². The van der Waals surface area contributed by atoms with Crippen molar-refractivity contribution in [3.05, 3.63) is 47.5 Å². The van der Waals surface area contributed by atoms with Crippen LogP contribution in [0, 0.1) is 13.8 Å². The highest BCUT2D eigenvalue weighted by Crippen LogP contribution is 2.20.